The minimum atomic E-state index is -3.61. The van der Waals surface area contributed by atoms with Crippen molar-refractivity contribution in [3.8, 4) is 0 Å². The summed E-state index contributed by atoms with van der Waals surface area (Å²) in [5, 5.41) is 0. The Morgan fingerprint density at radius 3 is 2.80 bits per heavy atom. The van der Waals surface area contributed by atoms with Gasteiger partial charge in [-0.1, -0.05) is 17.0 Å². The molecule has 1 N–H and O–H groups in total. The molecule has 1 aromatic carbocycles. The van der Waals surface area contributed by atoms with Crippen molar-refractivity contribution in [2.75, 3.05) is 6.61 Å². The van der Waals surface area contributed by atoms with E-state index in [9.17, 15) is 8.42 Å². The van der Waals surface area contributed by atoms with Crippen molar-refractivity contribution >= 4 is 10.0 Å². The van der Waals surface area contributed by atoms with E-state index >= 15 is 0 Å². The zero-order valence-corrected chi connectivity index (χ0v) is 12.0. The SMILES string of the molecule is Cc1cccc(S(=O)(=O)NOCCCc2ccco2)c1. The Bertz CT molecular complexity index is 635. The fraction of sp³-hybridized carbons (Fsp3) is 0.286. The van der Waals surface area contributed by atoms with Crippen LogP contribution in [-0.2, 0) is 21.3 Å². The molecule has 1 aromatic heterocycles. The highest BCUT2D eigenvalue weighted by atomic mass is 32.2. The van der Waals surface area contributed by atoms with Gasteiger partial charge < -0.3 is 4.42 Å². The van der Waals surface area contributed by atoms with Gasteiger partial charge in [0.25, 0.3) is 10.0 Å². The third-order valence-electron chi connectivity index (χ3n) is 2.72. The van der Waals surface area contributed by atoms with Crippen LogP contribution in [-0.4, -0.2) is 15.0 Å². The number of sulfonamides is 1. The summed E-state index contributed by atoms with van der Waals surface area (Å²) in [6.07, 6.45) is 2.99. The molecule has 0 saturated heterocycles. The normalized spacial score (nSPS) is 11.7. The molecule has 0 unspecified atom stereocenters. The molecule has 0 bridgehead atoms. The smallest absolute Gasteiger partial charge is 0.262 e. The molecule has 2 aromatic rings. The van der Waals surface area contributed by atoms with Crippen molar-refractivity contribution in [1.82, 2.24) is 4.89 Å². The Kier molecular flexibility index (Phi) is 4.94. The molecular formula is C14H17NO4S. The molecule has 108 valence electrons. The first-order chi connectivity index (χ1) is 9.58. The van der Waals surface area contributed by atoms with Crippen LogP contribution in [0.5, 0.6) is 0 Å². The third-order valence-corrected chi connectivity index (χ3v) is 3.93. The van der Waals surface area contributed by atoms with E-state index in [4.69, 9.17) is 9.25 Å². The number of hydrogen-bond acceptors (Lipinski definition) is 4. The first kappa shape index (κ1) is 14.8. The van der Waals surface area contributed by atoms with E-state index in [1.165, 1.54) is 6.07 Å². The fourth-order valence-electron chi connectivity index (χ4n) is 1.72. The summed E-state index contributed by atoms with van der Waals surface area (Å²) in [7, 11) is -3.61. The molecular weight excluding hydrogens is 278 g/mol. The van der Waals surface area contributed by atoms with Crippen molar-refractivity contribution < 1.29 is 17.7 Å². The van der Waals surface area contributed by atoms with Crippen molar-refractivity contribution in [1.29, 1.82) is 0 Å². The summed E-state index contributed by atoms with van der Waals surface area (Å²) in [6, 6.07) is 10.3. The summed E-state index contributed by atoms with van der Waals surface area (Å²) in [5.41, 5.74) is 0.880. The van der Waals surface area contributed by atoms with Gasteiger partial charge in [-0.3, -0.25) is 4.84 Å². The van der Waals surface area contributed by atoms with Crippen LogP contribution < -0.4 is 4.89 Å². The van der Waals surface area contributed by atoms with Crippen LogP contribution in [0.1, 0.15) is 17.7 Å². The van der Waals surface area contributed by atoms with Crippen LogP contribution in [0.3, 0.4) is 0 Å². The first-order valence-corrected chi connectivity index (χ1v) is 7.79. The molecule has 0 amide bonds. The van der Waals surface area contributed by atoms with Crippen LogP contribution in [0.15, 0.2) is 52.0 Å². The molecule has 1 heterocycles. The fourth-order valence-corrected chi connectivity index (χ4v) is 2.66. The molecule has 0 spiro atoms. The van der Waals surface area contributed by atoms with Gasteiger partial charge in [-0.15, -0.1) is 0 Å². The molecule has 0 aliphatic heterocycles. The van der Waals surface area contributed by atoms with E-state index in [0.29, 0.717) is 12.8 Å². The van der Waals surface area contributed by atoms with Gasteiger partial charge in [0.1, 0.15) is 5.76 Å². The molecule has 0 radical (unpaired) electrons. The summed E-state index contributed by atoms with van der Waals surface area (Å²) in [5.74, 6) is 0.857. The Morgan fingerprint density at radius 2 is 2.10 bits per heavy atom. The van der Waals surface area contributed by atoms with E-state index in [0.717, 1.165) is 11.3 Å². The van der Waals surface area contributed by atoms with Crippen molar-refractivity contribution in [3.05, 3.63) is 54.0 Å². The maximum Gasteiger partial charge on any atom is 0.262 e. The monoisotopic (exact) mass is 295 g/mol. The second-order valence-corrected chi connectivity index (χ2v) is 6.08. The zero-order chi connectivity index (χ0) is 14.4. The number of hydrogen-bond donors (Lipinski definition) is 1. The van der Waals surface area contributed by atoms with Gasteiger partial charge in [-0.2, -0.15) is 0 Å². The molecule has 0 aliphatic rings. The predicted molar refractivity (Wildman–Crippen MR) is 74.5 cm³/mol. The van der Waals surface area contributed by atoms with Crippen LogP contribution in [0.4, 0.5) is 0 Å². The maximum absolute atomic E-state index is 11.9. The highest BCUT2D eigenvalue weighted by Gasteiger charge is 2.13. The third kappa shape index (κ3) is 4.19. The largest absolute Gasteiger partial charge is 0.469 e. The highest BCUT2D eigenvalue weighted by Crippen LogP contribution is 2.10. The maximum atomic E-state index is 11.9. The van der Waals surface area contributed by atoms with E-state index in [1.54, 1.807) is 18.4 Å². The molecule has 5 nitrogen and oxygen atoms in total. The van der Waals surface area contributed by atoms with Gasteiger partial charge in [0, 0.05) is 6.42 Å². The Morgan fingerprint density at radius 1 is 1.25 bits per heavy atom. The summed E-state index contributed by atoms with van der Waals surface area (Å²) < 4.78 is 29.0. The molecule has 6 heteroatoms. The molecule has 0 aliphatic carbocycles. The van der Waals surface area contributed by atoms with Crippen LogP contribution >= 0.6 is 0 Å². The van der Waals surface area contributed by atoms with Crippen LogP contribution in [0.2, 0.25) is 0 Å². The standard InChI is InChI=1S/C14H17NO4S/c1-12-5-2-8-14(11-12)20(16,17)15-19-10-4-7-13-6-3-9-18-13/h2-3,5-6,8-9,11,15H,4,7,10H2,1H3. The predicted octanol–water partition coefficient (Wildman–Crippen LogP) is 2.43. The molecule has 2 rings (SSSR count). The van der Waals surface area contributed by atoms with E-state index in [2.05, 4.69) is 4.89 Å². The summed E-state index contributed by atoms with van der Waals surface area (Å²) >= 11 is 0. The minimum Gasteiger partial charge on any atom is -0.469 e. The summed E-state index contributed by atoms with van der Waals surface area (Å²) in [6.45, 7) is 2.12. The lowest BCUT2D eigenvalue weighted by molar-refractivity contribution is 0.0905. The second-order valence-electron chi connectivity index (χ2n) is 4.43. The number of aryl methyl sites for hydroxylation is 2. The van der Waals surface area contributed by atoms with Gasteiger partial charge in [0.05, 0.1) is 17.8 Å². The van der Waals surface area contributed by atoms with E-state index < -0.39 is 10.0 Å². The minimum absolute atomic E-state index is 0.198. The lowest BCUT2D eigenvalue weighted by atomic mass is 10.2. The Balaban J connectivity index is 1.78. The average Bonchev–Trinajstić information content (AvgIpc) is 2.91. The van der Waals surface area contributed by atoms with E-state index in [-0.39, 0.29) is 11.5 Å². The van der Waals surface area contributed by atoms with E-state index in [1.807, 2.05) is 25.1 Å². The topological polar surface area (TPSA) is 68.5 Å². The number of benzene rings is 1. The molecule has 0 fully saturated rings. The van der Waals surface area contributed by atoms with Gasteiger partial charge in [0.15, 0.2) is 0 Å². The first-order valence-electron chi connectivity index (χ1n) is 6.30. The van der Waals surface area contributed by atoms with Crippen molar-refractivity contribution in [2.24, 2.45) is 0 Å². The number of nitrogens with one attached hydrogen (secondary N) is 1. The van der Waals surface area contributed by atoms with Crippen LogP contribution in [0.25, 0.3) is 0 Å². The summed E-state index contributed by atoms with van der Waals surface area (Å²) in [4.78, 5) is 7.33. The van der Waals surface area contributed by atoms with Gasteiger partial charge in [-0.25, -0.2) is 8.42 Å². The van der Waals surface area contributed by atoms with Gasteiger partial charge >= 0.3 is 0 Å². The second kappa shape index (κ2) is 6.69. The number of furan rings is 1. The molecule has 20 heavy (non-hydrogen) atoms. The van der Waals surface area contributed by atoms with Crippen LogP contribution in [0, 0.1) is 6.92 Å². The van der Waals surface area contributed by atoms with Crippen molar-refractivity contribution in [3.63, 3.8) is 0 Å². The van der Waals surface area contributed by atoms with Gasteiger partial charge in [-0.05, 0) is 43.2 Å². The molecule has 0 atom stereocenters. The number of rotatable bonds is 7. The quantitative estimate of drug-likeness (QED) is 0.629. The molecule has 0 saturated carbocycles. The average molecular weight is 295 g/mol. The Hall–Kier alpha value is -1.63. The zero-order valence-electron chi connectivity index (χ0n) is 11.2. The van der Waals surface area contributed by atoms with Gasteiger partial charge in [0.2, 0.25) is 0 Å². The van der Waals surface area contributed by atoms with Crippen molar-refractivity contribution in [2.45, 2.75) is 24.7 Å². The lowest BCUT2D eigenvalue weighted by Crippen LogP contribution is -2.24. The lowest BCUT2D eigenvalue weighted by Gasteiger charge is -2.07. The Labute approximate surface area is 118 Å². The highest BCUT2D eigenvalue weighted by molar-refractivity contribution is 7.89.